The van der Waals surface area contributed by atoms with Crippen LogP contribution in [0.5, 0.6) is 23.0 Å². The first-order chi connectivity index (χ1) is 16.4. The fraction of sp³-hybridized carbons (Fsp3) is 0.440. The van der Waals surface area contributed by atoms with Gasteiger partial charge in [-0.3, -0.25) is 9.59 Å². The van der Waals surface area contributed by atoms with Crippen molar-refractivity contribution >= 4 is 11.9 Å². The van der Waals surface area contributed by atoms with Gasteiger partial charge in [-0.15, -0.1) is 0 Å². The van der Waals surface area contributed by atoms with E-state index >= 15 is 0 Å². The monoisotopic (exact) mass is 472 g/mol. The van der Waals surface area contributed by atoms with E-state index in [2.05, 4.69) is 0 Å². The highest BCUT2D eigenvalue weighted by atomic mass is 16.7. The maximum atomic E-state index is 11.7. The molecule has 2 aromatic rings. The van der Waals surface area contributed by atoms with Crippen molar-refractivity contribution in [1.82, 2.24) is 0 Å². The van der Waals surface area contributed by atoms with Crippen LogP contribution >= 0.6 is 0 Å². The van der Waals surface area contributed by atoms with Crippen LogP contribution in [0, 0.1) is 11.8 Å². The third-order valence-electron chi connectivity index (χ3n) is 6.04. The molecule has 0 amide bonds. The Balaban J connectivity index is 1.73. The minimum Gasteiger partial charge on any atom is -0.493 e. The number of carbonyl (C=O) groups is 2. The molecule has 1 saturated heterocycles. The van der Waals surface area contributed by atoms with Crippen molar-refractivity contribution in [2.45, 2.75) is 26.1 Å². The lowest BCUT2D eigenvalue weighted by molar-refractivity contribution is -0.146. The van der Waals surface area contributed by atoms with Crippen molar-refractivity contribution in [2.75, 3.05) is 34.2 Å². The molecule has 34 heavy (non-hydrogen) atoms. The topological polar surface area (TPSA) is 98.8 Å². The van der Waals surface area contributed by atoms with Gasteiger partial charge in [0.15, 0.2) is 23.0 Å². The molecule has 0 radical (unpaired) electrons. The number of hydrogen-bond donors (Lipinski definition) is 0. The van der Waals surface area contributed by atoms with Gasteiger partial charge < -0.3 is 33.2 Å². The molecule has 9 heteroatoms. The van der Waals surface area contributed by atoms with E-state index in [1.54, 1.807) is 20.3 Å². The minimum absolute atomic E-state index is 0.0985. The number of carbonyl (C=O) groups excluding carboxylic acids is 2. The highest BCUT2D eigenvalue weighted by molar-refractivity contribution is 5.66. The van der Waals surface area contributed by atoms with Gasteiger partial charge in [0, 0.05) is 25.7 Å². The van der Waals surface area contributed by atoms with Crippen molar-refractivity contribution in [3.8, 4) is 23.0 Å². The van der Waals surface area contributed by atoms with E-state index < -0.39 is 24.1 Å². The lowest BCUT2D eigenvalue weighted by atomic mass is 9.83. The standard InChI is InChI=1S/C25H28O9/c1-14(26)30-11-18-19(12-31-15(2)27)25(17-6-8-21-23(10-17)33-13-32-21)34-24(18)16-5-7-20(28-3)22(9-16)29-4/h5-10,18-19,24-25H,11-13H2,1-4H3/t18-,19-,24+,25-/m1/s1. The smallest absolute Gasteiger partial charge is 0.302 e. The normalized spacial score (nSPS) is 22.8. The van der Waals surface area contributed by atoms with E-state index in [4.69, 9.17) is 33.2 Å². The van der Waals surface area contributed by atoms with E-state index in [0.29, 0.717) is 23.0 Å². The molecule has 9 nitrogen and oxygen atoms in total. The average Bonchev–Trinajstić information content (AvgIpc) is 3.44. The number of fused-ring (bicyclic) bond motifs is 1. The summed E-state index contributed by atoms with van der Waals surface area (Å²) in [4.78, 5) is 23.3. The summed E-state index contributed by atoms with van der Waals surface area (Å²) in [6.07, 6.45) is -0.914. The first-order valence-corrected chi connectivity index (χ1v) is 10.9. The number of hydrogen-bond acceptors (Lipinski definition) is 9. The summed E-state index contributed by atoms with van der Waals surface area (Å²) in [6.45, 7) is 3.08. The molecule has 2 aromatic carbocycles. The van der Waals surface area contributed by atoms with Gasteiger partial charge >= 0.3 is 11.9 Å². The van der Waals surface area contributed by atoms with Crippen LogP contribution in [0.1, 0.15) is 37.2 Å². The van der Waals surface area contributed by atoms with Crippen LogP contribution in [-0.2, 0) is 23.8 Å². The Morgan fingerprint density at radius 3 is 1.94 bits per heavy atom. The van der Waals surface area contributed by atoms with Gasteiger partial charge in [0.05, 0.1) is 39.6 Å². The van der Waals surface area contributed by atoms with Gasteiger partial charge in [0.25, 0.3) is 0 Å². The van der Waals surface area contributed by atoms with Gasteiger partial charge in [-0.25, -0.2) is 0 Å². The van der Waals surface area contributed by atoms with Crippen molar-refractivity contribution in [2.24, 2.45) is 11.8 Å². The highest BCUT2D eigenvalue weighted by Crippen LogP contribution is 2.51. The second-order valence-electron chi connectivity index (χ2n) is 8.14. The Bertz CT molecular complexity index is 1050. The average molecular weight is 472 g/mol. The van der Waals surface area contributed by atoms with E-state index in [0.717, 1.165) is 11.1 Å². The Morgan fingerprint density at radius 1 is 0.794 bits per heavy atom. The maximum Gasteiger partial charge on any atom is 0.302 e. The molecule has 2 aliphatic heterocycles. The molecule has 0 aliphatic carbocycles. The molecule has 4 rings (SSSR count). The molecule has 2 heterocycles. The molecule has 0 spiro atoms. The molecule has 0 unspecified atom stereocenters. The van der Waals surface area contributed by atoms with Crippen molar-refractivity contribution in [1.29, 1.82) is 0 Å². The molecule has 1 fully saturated rings. The first kappa shape index (κ1) is 23.7. The third kappa shape index (κ3) is 4.89. The van der Waals surface area contributed by atoms with Crippen LogP contribution in [-0.4, -0.2) is 46.2 Å². The summed E-state index contributed by atoms with van der Waals surface area (Å²) in [5, 5.41) is 0. The van der Waals surface area contributed by atoms with Gasteiger partial charge in [0.2, 0.25) is 6.79 Å². The molecule has 0 saturated carbocycles. The van der Waals surface area contributed by atoms with Crippen LogP contribution in [0.4, 0.5) is 0 Å². The summed E-state index contributed by atoms with van der Waals surface area (Å²) in [7, 11) is 3.13. The van der Waals surface area contributed by atoms with E-state index in [1.165, 1.54) is 13.8 Å². The Hall–Kier alpha value is -3.46. The van der Waals surface area contributed by atoms with Gasteiger partial charge in [-0.2, -0.15) is 0 Å². The quantitative estimate of drug-likeness (QED) is 0.534. The van der Waals surface area contributed by atoms with E-state index in [9.17, 15) is 9.59 Å². The molecular weight excluding hydrogens is 444 g/mol. The molecule has 0 bridgehead atoms. The maximum absolute atomic E-state index is 11.7. The Morgan fingerprint density at radius 2 is 1.35 bits per heavy atom. The van der Waals surface area contributed by atoms with Crippen LogP contribution < -0.4 is 18.9 Å². The molecule has 2 aliphatic rings. The van der Waals surface area contributed by atoms with Crippen molar-refractivity contribution < 1.29 is 42.7 Å². The highest BCUT2D eigenvalue weighted by Gasteiger charge is 2.47. The zero-order valence-corrected chi connectivity index (χ0v) is 19.6. The zero-order chi connectivity index (χ0) is 24.2. The number of esters is 2. The second kappa shape index (κ2) is 10.2. The Labute approximate surface area is 197 Å². The van der Waals surface area contributed by atoms with Crippen molar-refractivity contribution in [3.05, 3.63) is 47.5 Å². The van der Waals surface area contributed by atoms with Crippen LogP contribution in [0.25, 0.3) is 0 Å². The van der Waals surface area contributed by atoms with Gasteiger partial charge in [-0.05, 0) is 35.4 Å². The molecule has 4 atom stereocenters. The largest absolute Gasteiger partial charge is 0.493 e. The second-order valence-corrected chi connectivity index (χ2v) is 8.14. The van der Waals surface area contributed by atoms with Crippen molar-refractivity contribution in [3.63, 3.8) is 0 Å². The summed E-state index contributed by atoms with van der Waals surface area (Å²) >= 11 is 0. The fourth-order valence-electron chi connectivity index (χ4n) is 4.43. The number of methoxy groups -OCH3 is 2. The SMILES string of the molecule is COc1ccc([C@@H]2O[C@H](c3ccc4c(c3)OCO4)[C@H](COC(C)=O)[C@H]2COC(C)=O)cc1OC. The number of ether oxygens (including phenoxy) is 7. The predicted octanol–water partition coefficient (Wildman–Crippen LogP) is 3.60. The van der Waals surface area contributed by atoms with Crippen LogP contribution in [0.2, 0.25) is 0 Å². The predicted molar refractivity (Wildman–Crippen MR) is 119 cm³/mol. The number of benzene rings is 2. The summed E-state index contributed by atoms with van der Waals surface area (Å²) in [5.41, 5.74) is 1.67. The van der Waals surface area contributed by atoms with Gasteiger partial charge in [0.1, 0.15) is 0 Å². The van der Waals surface area contributed by atoms with Crippen LogP contribution in [0.15, 0.2) is 36.4 Å². The first-order valence-electron chi connectivity index (χ1n) is 10.9. The molecular formula is C25H28O9. The molecule has 0 N–H and O–H groups in total. The van der Waals surface area contributed by atoms with Crippen LogP contribution in [0.3, 0.4) is 0 Å². The van der Waals surface area contributed by atoms with Gasteiger partial charge in [-0.1, -0.05) is 12.1 Å². The molecule has 182 valence electrons. The summed E-state index contributed by atoms with van der Waals surface area (Å²) in [5.74, 6) is 1.04. The van der Waals surface area contributed by atoms with E-state index in [1.807, 2.05) is 30.3 Å². The fourth-order valence-corrected chi connectivity index (χ4v) is 4.43. The third-order valence-corrected chi connectivity index (χ3v) is 6.04. The Kier molecular flexibility index (Phi) is 7.12. The summed E-state index contributed by atoms with van der Waals surface area (Å²) in [6, 6.07) is 11.1. The lowest BCUT2D eigenvalue weighted by Gasteiger charge is -2.24. The minimum atomic E-state index is -0.463. The molecule has 0 aromatic heterocycles. The zero-order valence-electron chi connectivity index (χ0n) is 19.6. The lowest BCUT2D eigenvalue weighted by Crippen LogP contribution is -2.27. The van der Waals surface area contributed by atoms with E-state index in [-0.39, 0.29) is 31.8 Å². The summed E-state index contributed by atoms with van der Waals surface area (Å²) < 4.78 is 39.2. The number of rotatable bonds is 8.